The molecule has 0 aliphatic heterocycles. The fourth-order valence-electron chi connectivity index (χ4n) is 3.89. The normalized spacial score (nSPS) is 12.4. The van der Waals surface area contributed by atoms with E-state index in [0.717, 1.165) is 17.5 Å². The molecule has 0 radical (unpaired) electrons. The van der Waals surface area contributed by atoms with Crippen molar-refractivity contribution in [2.45, 2.75) is 58.2 Å². The van der Waals surface area contributed by atoms with E-state index in [1.807, 2.05) is 62.4 Å². The summed E-state index contributed by atoms with van der Waals surface area (Å²) < 4.78 is 5.77. The average molecular weight is 542 g/mol. The third-order valence-electron chi connectivity index (χ3n) is 6.19. The molecule has 3 aromatic carbocycles. The van der Waals surface area contributed by atoms with Crippen molar-refractivity contribution in [3.05, 3.63) is 100 Å². The van der Waals surface area contributed by atoms with Gasteiger partial charge in [0.25, 0.3) is 0 Å². The van der Waals surface area contributed by atoms with Crippen molar-refractivity contribution in [2.75, 3.05) is 6.61 Å². The minimum Gasteiger partial charge on any atom is -0.494 e. The van der Waals surface area contributed by atoms with Crippen LogP contribution in [0.2, 0.25) is 10.0 Å². The second kappa shape index (κ2) is 14.7. The number of amides is 2. The van der Waals surface area contributed by atoms with Crippen LogP contribution in [0.15, 0.2) is 78.9 Å². The van der Waals surface area contributed by atoms with Gasteiger partial charge in [0.15, 0.2) is 0 Å². The molecule has 3 rings (SSSR count). The molecule has 7 heteroatoms. The van der Waals surface area contributed by atoms with Crippen molar-refractivity contribution in [3.8, 4) is 5.75 Å². The zero-order chi connectivity index (χ0) is 26.6. The molecule has 1 N–H and O–H groups in total. The van der Waals surface area contributed by atoms with Crippen LogP contribution in [0.4, 0.5) is 0 Å². The Kier molecular flexibility index (Phi) is 11.3. The number of hydrogen-bond acceptors (Lipinski definition) is 3. The zero-order valence-electron chi connectivity index (χ0n) is 21.3. The first-order valence-corrected chi connectivity index (χ1v) is 13.4. The molecule has 2 unspecified atom stereocenters. The van der Waals surface area contributed by atoms with Gasteiger partial charge in [-0.05, 0) is 61.2 Å². The number of halogens is 2. The van der Waals surface area contributed by atoms with Crippen LogP contribution >= 0.6 is 23.2 Å². The third kappa shape index (κ3) is 9.10. The van der Waals surface area contributed by atoms with Gasteiger partial charge < -0.3 is 15.0 Å². The van der Waals surface area contributed by atoms with Gasteiger partial charge in [-0.2, -0.15) is 0 Å². The van der Waals surface area contributed by atoms with Crippen LogP contribution in [-0.4, -0.2) is 35.4 Å². The molecule has 5 nitrogen and oxygen atoms in total. The Hall–Kier alpha value is -3.02. The molecule has 0 bridgehead atoms. The SMILES string of the molecule is CCC(C)NC(=O)C(Cc1ccccc1)N(Cc1ccccc1Cl)C(=O)CCCOc1ccc(Cl)cc1. The lowest BCUT2D eigenvalue weighted by molar-refractivity contribution is -0.141. The van der Waals surface area contributed by atoms with E-state index in [0.29, 0.717) is 35.2 Å². The summed E-state index contributed by atoms with van der Waals surface area (Å²) in [5.74, 6) is 0.399. The smallest absolute Gasteiger partial charge is 0.243 e. The lowest BCUT2D eigenvalue weighted by atomic mass is 10.0. The van der Waals surface area contributed by atoms with E-state index in [4.69, 9.17) is 27.9 Å². The number of nitrogens with zero attached hydrogens (tertiary/aromatic N) is 1. The van der Waals surface area contributed by atoms with E-state index >= 15 is 0 Å². The highest BCUT2D eigenvalue weighted by molar-refractivity contribution is 6.31. The van der Waals surface area contributed by atoms with Crippen molar-refractivity contribution in [1.82, 2.24) is 10.2 Å². The van der Waals surface area contributed by atoms with Gasteiger partial charge in [-0.15, -0.1) is 0 Å². The molecular weight excluding hydrogens is 507 g/mol. The van der Waals surface area contributed by atoms with Gasteiger partial charge in [0.05, 0.1) is 6.61 Å². The average Bonchev–Trinajstić information content (AvgIpc) is 2.91. The molecule has 196 valence electrons. The second-order valence-corrected chi connectivity index (χ2v) is 9.89. The first kappa shape index (κ1) is 28.5. The van der Waals surface area contributed by atoms with Gasteiger partial charge in [-0.1, -0.05) is 78.7 Å². The van der Waals surface area contributed by atoms with Crippen LogP contribution in [0.3, 0.4) is 0 Å². The quantitative estimate of drug-likeness (QED) is 0.245. The van der Waals surface area contributed by atoms with Crippen LogP contribution in [0, 0.1) is 0 Å². The second-order valence-electron chi connectivity index (χ2n) is 9.04. The van der Waals surface area contributed by atoms with Crippen LogP contribution < -0.4 is 10.1 Å². The van der Waals surface area contributed by atoms with Crippen molar-refractivity contribution in [2.24, 2.45) is 0 Å². The van der Waals surface area contributed by atoms with Gasteiger partial charge in [-0.3, -0.25) is 9.59 Å². The highest BCUT2D eigenvalue weighted by atomic mass is 35.5. The third-order valence-corrected chi connectivity index (χ3v) is 6.81. The minimum atomic E-state index is -0.683. The van der Waals surface area contributed by atoms with E-state index in [9.17, 15) is 9.59 Å². The summed E-state index contributed by atoms with van der Waals surface area (Å²) in [7, 11) is 0. The summed E-state index contributed by atoms with van der Waals surface area (Å²) in [6.45, 7) is 4.59. The van der Waals surface area contributed by atoms with Crippen molar-refractivity contribution < 1.29 is 14.3 Å². The standard InChI is InChI=1S/C30H34Cl2N2O3/c1-3-22(2)33-30(36)28(20-23-10-5-4-6-11-23)34(21-24-12-7-8-13-27(24)32)29(35)14-9-19-37-26-17-15-25(31)16-18-26/h4-8,10-13,15-18,22,28H,3,9,14,19-21H2,1-2H3,(H,33,36). The first-order chi connectivity index (χ1) is 17.9. The highest BCUT2D eigenvalue weighted by Crippen LogP contribution is 2.22. The molecule has 0 aliphatic carbocycles. The first-order valence-electron chi connectivity index (χ1n) is 12.6. The Morgan fingerprint density at radius 2 is 1.62 bits per heavy atom. The van der Waals surface area contributed by atoms with Gasteiger partial charge >= 0.3 is 0 Å². The Bertz CT molecular complexity index is 1140. The minimum absolute atomic E-state index is 0.00388. The Morgan fingerprint density at radius 3 is 2.30 bits per heavy atom. The number of rotatable bonds is 13. The summed E-state index contributed by atoms with van der Waals surface area (Å²) in [6, 6.07) is 23.6. The molecule has 37 heavy (non-hydrogen) atoms. The van der Waals surface area contributed by atoms with Gasteiger partial charge in [0.2, 0.25) is 11.8 Å². The maximum atomic E-state index is 13.6. The number of benzene rings is 3. The maximum Gasteiger partial charge on any atom is 0.243 e. The molecule has 0 saturated heterocycles. The molecule has 0 heterocycles. The van der Waals surface area contributed by atoms with Crippen LogP contribution in [0.1, 0.15) is 44.2 Å². The number of ether oxygens (including phenoxy) is 1. The van der Waals surface area contributed by atoms with Gasteiger partial charge in [-0.25, -0.2) is 0 Å². The predicted molar refractivity (Wildman–Crippen MR) is 150 cm³/mol. The molecule has 2 atom stereocenters. The molecule has 3 aromatic rings. The number of carbonyl (C=O) groups excluding carboxylic acids is 2. The number of nitrogens with one attached hydrogen (secondary N) is 1. The van der Waals surface area contributed by atoms with Crippen molar-refractivity contribution in [3.63, 3.8) is 0 Å². The van der Waals surface area contributed by atoms with E-state index in [1.54, 1.807) is 35.2 Å². The Morgan fingerprint density at radius 1 is 0.946 bits per heavy atom. The predicted octanol–water partition coefficient (Wildman–Crippen LogP) is 6.71. The lowest BCUT2D eigenvalue weighted by Crippen LogP contribution is -2.52. The molecule has 0 aliphatic rings. The summed E-state index contributed by atoms with van der Waals surface area (Å²) in [6.07, 6.45) is 1.94. The summed E-state index contributed by atoms with van der Waals surface area (Å²) in [5, 5.41) is 4.28. The molecule has 0 fully saturated rings. The fraction of sp³-hybridized carbons (Fsp3) is 0.333. The number of hydrogen-bond donors (Lipinski definition) is 1. The fourth-order valence-corrected chi connectivity index (χ4v) is 4.21. The lowest BCUT2D eigenvalue weighted by Gasteiger charge is -2.32. The Balaban J connectivity index is 1.80. The highest BCUT2D eigenvalue weighted by Gasteiger charge is 2.31. The van der Waals surface area contributed by atoms with Crippen LogP contribution in [-0.2, 0) is 22.6 Å². The topological polar surface area (TPSA) is 58.6 Å². The van der Waals surface area contributed by atoms with Crippen LogP contribution in [0.25, 0.3) is 0 Å². The van der Waals surface area contributed by atoms with Gasteiger partial charge in [0.1, 0.15) is 11.8 Å². The monoisotopic (exact) mass is 540 g/mol. The zero-order valence-corrected chi connectivity index (χ0v) is 22.8. The molecule has 0 spiro atoms. The Labute approximate surface area is 229 Å². The van der Waals surface area contributed by atoms with E-state index in [1.165, 1.54) is 0 Å². The maximum absolute atomic E-state index is 13.6. The largest absolute Gasteiger partial charge is 0.494 e. The van der Waals surface area contributed by atoms with Crippen LogP contribution in [0.5, 0.6) is 5.75 Å². The molecular formula is C30H34Cl2N2O3. The summed E-state index contributed by atoms with van der Waals surface area (Å²) >= 11 is 12.4. The summed E-state index contributed by atoms with van der Waals surface area (Å²) in [4.78, 5) is 28.8. The van der Waals surface area contributed by atoms with E-state index < -0.39 is 6.04 Å². The van der Waals surface area contributed by atoms with E-state index in [2.05, 4.69) is 5.32 Å². The van der Waals surface area contributed by atoms with Gasteiger partial charge in [0, 0.05) is 35.5 Å². The van der Waals surface area contributed by atoms with E-state index in [-0.39, 0.29) is 30.8 Å². The number of carbonyl (C=O) groups is 2. The molecule has 0 saturated carbocycles. The van der Waals surface area contributed by atoms with Crippen molar-refractivity contribution >= 4 is 35.0 Å². The molecule has 2 amide bonds. The van der Waals surface area contributed by atoms with Crippen molar-refractivity contribution in [1.29, 1.82) is 0 Å². The summed E-state index contributed by atoms with van der Waals surface area (Å²) in [5.41, 5.74) is 1.78. The molecule has 0 aromatic heterocycles.